The van der Waals surface area contributed by atoms with Crippen LogP contribution in [-0.2, 0) is 16.6 Å². The summed E-state index contributed by atoms with van der Waals surface area (Å²) in [6.45, 7) is 4.34. The molecule has 9 heteroatoms. The Balaban J connectivity index is 1.69. The lowest BCUT2D eigenvalue weighted by atomic mass is 10.1. The van der Waals surface area contributed by atoms with Gasteiger partial charge < -0.3 is 10.6 Å². The van der Waals surface area contributed by atoms with Gasteiger partial charge >= 0.3 is 0 Å². The molecule has 0 aliphatic carbocycles. The summed E-state index contributed by atoms with van der Waals surface area (Å²) in [4.78, 5) is 23.7. The Hall–Kier alpha value is -2.42. The summed E-state index contributed by atoms with van der Waals surface area (Å²) in [5, 5.41) is 17.2. The monoisotopic (exact) mass is 348 g/mol. The van der Waals surface area contributed by atoms with E-state index in [1.54, 1.807) is 11.7 Å². The normalized spacial score (nSPS) is 10.5. The number of thioether (sulfide) groups is 1. The largest absolute Gasteiger partial charge is 0.355 e. The zero-order valence-electron chi connectivity index (χ0n) is 13.9. The van der Waals surface area contributed by atoms with Crippen molar-refractivity contribution < 1.29 is 9.59 Å². The fourth-order valence-electron chi connectivity index (χ4n) is 2.03. The molecular formula is C15H20N6O2S. The van der Waals surface area contributed by atoms with Crippen LogP contribution in [0.15, 0.2) is 23.4 Å². The van der Waals surface area contributed by atoms with Crippen molar-refractivity contribution in [1.29, 1.82) is 0 Å². The molecular weight excluding hydrogens is 328 g/mol. The fourth-order valence-corrected chi connectivity index (χ4v) is 2.74. The minimum Gasteiger partial charge on any atom is -0.355 e. The molecule has 0 aliphatic heterocycles. The number of rotatable bonds is 7. The molecule has 2 rings (SSSR count). The molecule has 0 spiro atoms. The molecule has 0 fully saturated rings. The fraction of sp³-hybridized carbons (Fsp3) is 0.400. The second-order valence-electron chi connectivity index (χ2n) is 5.33. The summed E-state index contributed by atoms with van der Waals surface area (Å²) in [6, 6.07) is 5.74. The lowest BCUT2D eigenvalue weighted by molar-refractivity contribution is -0.126. The second-order valence-corrected chi connectivity index (χ2v) is 6.39. The standard InChI is InChI=1S/C15H20N6O2S/c1-10-4-5-12(11(2)8-10)17-14(23)9-13(22)16-6-7-24-15-18-19-20-21(15)3/h4-5,8H,6-7,9H2,1-3H3,(H,16,22)(H,17,23). The summed E-state index contributed by atoms with van der Waals surface area (Å²) in [6.07, 6.45) is -0.205. The number of anilines is 1. The van der Waals surface area contributed by atoms with Crippen LogP contribution in [0.2, 0.25) is 0 Å². The third kappa shape index (κ3) is 5.34. The van der Waals surface area contributed by atoms with Crippen molar-refractivity contribution in [3.05, 3.63) is 29.3 Å². The summed E-state index contributed by atoms with van der Waals surface area (Å²) in [7, 11) is 1.75. The van der Waals surface area contributed by atoms with Gasteiger partial charge in [-0.2, -0.15) is 0 Å². The molecule has 1 heterocycles. The van der Waals surface area contributed by atoms with E-state index in [1.165, 1.54) is 11.8 Å². The lowest BCUT2D eigenvalue weighted by Gasteiger charge is -2.09. The SMILES string of the molecule is Cc1ccc(NC(=O)CC(=O)NCCSc2nnnn2C)c(C)c1. The Morgan fingerprint density at radius 3 is 2.71 bits per heavy atom. The van der Waals surface area contributed by atoms with Gasteiger partial charge in [-0.25, -0.2) is 4.68 Å². The van der Waals surface area contributed by atoms with Crippen LogP contribution >= 0.6 is 11.8 Å². The number of hydrogen-bond acceptors (Lipinski definition) is 6. The molecule has 2 aromatic rings. The number of aryl methyl sites for hydroxylation is 3. The van der Waals surface area contributed by atoms with Crippen LogP contribution in [0.1, 0.15) is 17.5 Å². The molecule has 2 amide bonds. The second kappa shape index (κ2) is 8.44. The Kier molecular flexibility index (Phi) is 6.30. The van der Waals surface area contributed by atoms with Crippen molar-refractivity contribution in [3.8, 4) is 0 Å². The zero-order valence-corrected chi connectivity index (χ0v) is 14.7. The minimum atomic E-state index is -0.329. The van der Waals surface area contributed by atoms with E-state index in [2.05, 4.69) is 26.2 Å². The Morgan fingerprint density at radius 1 is 1.25 bits per heavy atom. The Morgan fingerprint density at radius 2 is 2.04 bits per heavy atom. The molecule has 2 N–H and O–H groups in total. The van der Waals surface area contributed by atoms with Crippen molar-refractivity contribution in [1.82, 2.24) is 25.5 Å². The first kappa shape index (κ1) is 17.9. The van der Waals surface area contributed by atoms with Gasteiger partial charge in [0, 0.05) is 25.0 Å². The van der Waals surface area contributed by atoms with Crippen molar-refractivity contribution in [2.24, 2.45) is 7.05 Å². The van der Waals surface area contributed by atoms with E-state index in [9.17, 15) is 9.59 Å². The van der Waals surface area contributed by atoms with Crippen molar-refractivity contribution >= 4 is 29.3 Å². The van der Waals surface area contributed by atoms with Gasteiger partial charge in [0.2, 0.25) is 17.0 Å². The van der Waals surface area contributed by atoms with Crippen LogP contribution in [0, 0.1) is 13.8 Å². The zero-order chi connectivity index (χ0) is 17.5. The first-order chi connectivity index (χ1) is 11.5. The summed E-state index contributed by atoms with van der Waals surface area (Å²) in [5.74, 6) is -0.0166. The van der Waals surface area contributed by atoms with Gasteiger partial charge in [0.05, 0.1) is 0 Å². The third-order valence-electron chi connectivity index (χ3n) is 3.21. The average Bonchev–Trinajstić information content (AvgIpc) is 2.92. The topological polar surface area (TPSA) is 102 Å². The van der Waals surface area contributed by atoms with Crippen LogP contribution in [0.5, 0.6) is 0 Å². The van der Waals surface area contributed by atoms with Crippen LogP contribution in [0.3, 0.4) is 0 Å². The number of carbonyl (C=O) groups excluding carboxylic acids is 2. The quantitative estimate of drug-likeness (QED) is 0.441. The number of nitrogens with zero attached hydrogens (tertiary/aromatic N) is 4. The average molecular weight is 348 g/mol. The molecule has 1 aromatic heterocycles. The van der Waals surface area contributed by atoms with E-state index in [0.29, 0.717) is 17.5 Å². The maximum absolute atomic E-state index is 11.9. The van der Waals surface area contributed by atoms with Crippen LogP contribution in [-0.4, -0.2) is 44.3 Å². The summed E-state index contributed by atoms with van der Waals surface area (Å²) in [5.41, 5.74) is 2.82. The highest BCUT2D eigenvalue weighted by molar-refractivity contribution is 7.99. The molecule has 1 aromatic carbocycles. The summed E-state index contributed by atoms with van der Waals surface area (Å²) < 4.78 is 1.56. The number of carbonyl (C=O) groups is 2. The van der Waals surface area contributed by atoms with Crippen molar-refractivity contribution in [2.75, 3.05) is 17.6 Å². The molecule has 0 bridgehead atoms. The molecule has 128 valence electrons. The molecule has 0 unspecified atom stereocenters. The molecule has 0 saturated carbocycles. The number of hydrogen-bond donors (Lipinski definition) is 2. The molecule has 0 saturated heterocycles. The van der Waals surface area contributed by atoms with Crippen LogP contribution in [0.25, 0.3) is 0 Å². The van der Waals surface area contributed by atoms with E-state index in [0.717, 1.165) is 16.8 Å². The summed E-state index contributed by atoms with van der Waals surface area (Å²) >= 11 is 1.43. The van der Waals surface area contributed by atoms with Crippen LogP contribution < -0.4 is 10.6 Å². The first-order valence-corrected chi connectivity index (χ1v) is 8.43. The van der Waals surface area contributed by atoms with Gasteiger partial charge in [-0.3, -0.25) is 9.59 Å². The lowest BCUT2D eigenvalue weighted by Crippen LogP contribution is -2.29. The highest BCUT2D eigenvalue weighted by atomic mass is 32.2. The van der Waals surface area contributed by atoms with Crippen molar-refractivity contribution in [3.63, 3.8) is 0 Å². The molecule has 0 aliphatic rings. The Bertz CT molecular complexity index is 731. The first-order valence-electron chi connectivity index (χ1n) is 7.44. The van der Waals surface area contributed by atoms with E-state index < -0.39 is 0 Å². The molecule has 8 nitrogen and oxygen atoms in total. The smallest absolute Gasteiger partial charge is 0.233 e. The Labute approximate surface area is 144 Å². The van der Waals surface area contributed by atoms with Crippen LogP contribution in [0.4, 0.5) is 5.69 Å². The third-order valence-corrected chi connectivity index (χ3v) is 4.23. The van der Waals surface area contributed by atoms with Crippen molar-refractivity contribution in [2.45, 2.75) is 25.4 Å². The number of aromatic nitrogens is 4. The highest BCUT2D eigenvalue weighted by Gasteiger charge is 2.11. The molecule has 24 heavy (non-hydrogen) atoms. The number of amides is 2. The predicted molar refractivity (Wildman–Crippen MR) is 91.7 cm³/mol. The van der Waals surface area contributed by atoms with Gasteiger partial charge in [0.25, 0.3) is 0 Å². The van der Waals surface area contributed by atoms with E-state index >= 15 is 0 Å². The van der Waals surface area contributed by atoms with Gasteiger partial charge in [-0.1, -0.05) is 29.5 Å². The van der Waals surface area contributed by atoms with Gasteiger partial charge in [-0.15, -0.1) is 5.10 Å². The molecule has 0 radical (unpaired) electrons. The van der Waals surface area contributed by atoms with Gasteiger partial charge in [0.15, 0.2) is 0 Å². The number of tetrazole rings is 1. The highest BCUT2D eigenvalue weighted by Crippen LogP contribution is 2.16. The molecule has 0 atom stereocenters. The van der Waals surface area contributed by atoms with Gasteiger partial charge in [-0.05, 0) is 35.9 Å². The van der Waals surface area contributed by atoms with E-state index in [4.69, 9.17) is 0 Å². The van der Waals surface area contributed by atoms with E-state index in [1.807, 2.05) is 32.0 Å². The predicted octanol–water partition coefficient (Wildman–Crippen LogP) is 1.06. The number of nitrogens with one attached hydrogen (secondary N) is 2. The van der Waals surface area contributed by atoms with E-state index in [-0.39, 0.29) is 18.2 Å². The number of benzene rings is 1. The van der Waals surface area contributed by atoms with Gasteiger partial charge in [0.1, 0.15) is 6.42 Å². The minimum absolute atomic E-state index is 0.205. The maximum atomic E-state index is 11.9. The maximum Gasteiger partial charge on any atom is 0.233 e.